The van der Waals surface area contributed by atoms with Crippen molar-refractivity contribution in [3.63, 3.8) is 0 Å². The molecule has 0 bridgehead atoms. The van der Waals surface area contributed by atoms with Crippen molar-refractivity contribution in [2.75, 3.05) is 31.6 Å². The fourth-order valence-corrected chi connectivity index (χ4v) is 2.48. The number of benzene rings is 1. The lowest BCUT2D eigenvalue weighted by molar-refractivity contribution is -0.384. The van der Waals surface area contributed by atoms with Gasteiger partial charge >= 0.3 is 0 Å². The Morgan fingerprint density at radius 2 is 2.20 bits per heavy atom. The molecule has 7 heteroatoms. The van der Waals surface area contributed by atoms with Gasteiger partial charge in [0.25, 0.3) is 5.69 Å². The minimum absolute atomic E-state index is 0.0138. The summed E-state index contributed by atoms with van der Waals surface area (Å²) in [6.07, 6.45) is 0. The van der Waals surface area contributed by atoms with Crippen molar-refractivity contribution in [2.24, 2.45) is 0 Å². The van der Waals surface area contributed by atoms with Crippen molar-refractivity contribution >= 4 is 11.4 Å². The Hall–Kier alpha value is -1.89. The van der Waals surface area contributed by atoms with Crippen LogP contribution in [0.1, 0.15) is 13.8 Å². The van der Waals surface area contributed by atoms with Gasteiger partial charge in [-0.3, -0.25) is 10.1 Å². The van der Waals surface area contributed by atoms with Crippen molar-refractivity contribution in [3.8, 4) is 5.75 Å². The Kier molecular flexibility index (Phi) is 3.80. The summed E-state index contributed by atoms with van der Waals surface area (Å²) in [5, 5.41) is 14.4. The second-order valence-corrected chi connectivity index (χ2v) is 5.37. The molecule has 1 fully saturated rings. The van der Waals surface area contributed by atoms with Crippen LogP contribution in [0.5, 0.6) is 5.75 Å². The maximum atomic E-state index is 13.7. The number of hydrogen-bond acceptors (Lipinski definition) is 5. The minimum Gasteiger partial charge on any atom is -0.494 e. The Morgan fingerprint density at radius 3 is 2.75 bits per heavy atom. The van der Waals surface area contributed by atoms with E-state index in [1.807, 2.05) is 18.7 Å². The first-order valence-electron chi connectivity index (χ1n) is 6.37. The van der Waals surface area contributed by atoms with E-state index in [2.05, 4.69) is 5.32 Å². The molecule has 0 aromatic heterocycles. The summed E-state index contributed by atoms with van der Waals surface area (Å²) in [6.45, 7) is 6.00. The number of rotatable bonds is 3. The molecule has 6 nitrogen and oxygen atoms in total. The van der Waals surface area contributed by atoms with Gasteiger partial charge in [-0.25, -0.2) is 4.39 Å². The van der Waals surface area contributed by atoms with Crippen LogP contribution in [-0.2, 0) is 0 Å². The zero-order valence-corrected chi connectivity index (χ0v) is 11.8. The van der Waals surface area contributed by atoms with Crippen LogP contribution in [0.2, 0.25) is 0 Å². The molecule has 110 valence electrons. The summed E-state index contributed by atoms with van der Waals surface area (Å²) in [7, 11) is 1.34. The van der Waals surface area contributed by atoms with Crippen LogP contribution in [0.15, 0.2) is 12.1 Å². The van der Waals surface area contributed by atoms with Gasteiger partial charge in [-0.2, -0.15) is 0 Å². The second-order valence-electron chi connectivity index (χ2n) is 5.37. The average molecular weight is 283 g/mol. The van der Waals surface area contributed by atoms with Crippen LogP contribution < -0.4 is 15.0 Å². The van der Waals surface area contributed by atoms with Gasteiger partial charge in [0.2, 0.25) is 0 Å². The molecule has 0 radical (unpaired) electrons. The first-order chi connectivity index (χ1) is 9.36. The molecule has 1 aromatic carbocycles. The van der Waals surface area contributed by atoms with E-state index in [4.69, 9.17) is 4.74 Å². The third-order valence-electron chi connectivity index (χ3n) is 3.54. The molecule has 2 rings (SSSR count). The maximum absolute atomic E-state index is 13.7. The smallest absolute Gasteiger partial charge is 0.295 e. The number of piperazine rings is 1. The first kappa shape index (κ1) is 14.5. The number of ether oxygens (including phenoxy) is 1. The standard InChI is InChI=1S/C13H18FN3O3/c1-13(2)8-15-4-5-16(13)10-7-12(20-3)9(14)6-11(10)17(18)19/h6-7,15H,4-5,8H2,1-3H3. The van der Waals surface area contributed by atoms with Gasteiger partial charge in [-0.1, -0.05) is 0 Å². The van der Waals surface area contributed by atoms with Crippen LogP contribution >= 0.6 is 0 Å². The highest BCUT2D eigenvalue weighted by molar-refractivity contribution is 5.67. The van der Waals surface area contributed by atoms with Gasteiger partial charge in [0.05, 0.1) is 18.1 Å². The summed E-state index contributed by atoms with van der Waals surface area (Å²) in [5.41, 5.74) is -0.149. The molecule has 0 atom stereocenters. The molecule has 0 unspecified atom stereocenters. The summed E-state index contributed by atoms with van der Waals surface area (Å²) < 4.78 is 18.6. The highest BCUT2D eigenvalue weighted by Gasteiger charge is 2.34. The molecule has 1 aliphatic rings. The SMILES string of the molecule is COc1cc(N2CCNCC2(C)C)c([N+](=O)[O-])cc1F. The van der Waals surface area contributed by atoms with Crippen LogP contribution in [0.25, 0.3) is 0 Å². The lowest BCUT2D eigenvalue weighted by atomic mass is 9.98. The van der Waals surface area contributed by atoms with Gasteiger partial charge in [0.15, 0.2) is 11.6 Å². The van der Waals surface area contributed by atoms with E-state index < -0.39 is 10.7 Å². The molecular weight excluding hydrogens is 265 g/mol. The fourth-order valence-electron chi connectivity index (χ4n) is 2.48. The van der Waals surface area contributed by atoms with Gasteiger partial charge in [-0.15, -0.1) is 0 Å². The van der Waals surface area contributed by atoms with Crippen LogP contribution in [0.3, 0.4) is 0 Å². The molecule has 1 aromatic rings. The largest absolute Gasteiger partial charge is 0.494 e. The topological polar surface area (TPSA) is 67.6 Å². The predicted octanol–water partition coefficient (Wildman–Crippen LogP) is 1.93. The van der Waals surface area contributed by atoms with Crippen LogP contribution in [-0.4, -0.2) is 37.2 Å². The third-order valence-corrected chi connectivity index (χ3v) is 3.54. The van der Waals surface area contributed by atoms with Crippen molar-refractivity contribution in [1.29, 1.82) is 0 Å². The number of nitro benzene ring substituents is 1. The van der Waals surface area contributed by atoms with E-state index in [0.717, 1.165) is 12.6 Å². The molecule has 1 heterocycles. The van der Waals surface area contributed by atoms with E-state index in [0.29, 0.717) is 18.8 Å². The Labute approximate surface area is 116 Å². The molecule has 1 N–H and O–H groups in total. The number of nitrogens with one attached hydrogen (secondary N) is 1. The summed E-state index contributed by atoms with van der Waals surface area (Å²) in [5.74, 6) is -0.712. The summed E-state index contributed by atoms with van der Waals surface area (Å²) in [4.78, 5) is 12.5. The monoisotopic (exact) mass is 283 g/mol. The van der Waals surface area contributed by atoms with E-state index >= 15 is 0 Å². The van der Waals surface area contributed by atoms with Gasteiger partial charge < -0.3 is 15.0 Å². The van der Waals surface area contributed by atoms with E-state index in [-0.39, 0.29) is 17.0 Å². The Balaban J connectivity index is 2.55. The normalized spacial score (nSPS) is 17.9. The molecule has 0 amide bonds. The quantitative estimate of drug-likeness (QED) is 0.678. The highest BCUT2D eigenvalue weighted by Crippen LogP contribution is 2.38. The third kappa shape index (κ3) is 2.53. The molecule has 0 spiro atoms. The molecule has 20 heavy (non-hydrogen) atoms. The molecule has 0 aliphatic carbocycles. The van der Waals surface area contributed by atoms with Crippen molar-refractivity contribution in [3.05, 3.63) is 28.1 Å². The summed E-state index contributed by atoms with van der Waals surface area (Å²) in [6, 6.07) is 2.33. The Bertz CT molecular complexity index is 534. The fraction of sp³-hybridized carbons (Fsp3) is 0.538. The average Bonchev–Trinajstić information content (AvgIpc) is 2.38. The minimum atomic E-state index is -0.726. The second kappa shape index (κ2) is 5.24. The Morgan fingerprint density at radius 1 is 1.50 bits per heavy atom. The number of halogens is 1. The van der Waals surface area contributed by atoms with Crippen molar-refractivity contribution in [1.82, 2.24) is 5.32 Å². The lowest BCUT2D eigenvalue weighted by Gasteiger charge is -2.44. The predicted molar refractivity (Wildman–Crippen MR) is 73.9 cm³/mol. The van der Waals surface area contributed by atoms with Gasteiger partial charge in [-0.05, 0) is 13.8 Å². The van der Waals surface area contributed by atoms with E-state index in [1.54, 1.807) is 0 Å². The van der Waals surface area contributed by atoms with E-state index in [1.165, 1.54) is 13.2 Å². The highest BCUT2D eigenvalue weighted by atomic mass is 19.1. The zero-order chi connectivity index (χ0) is 14.9. The number of nitro groups is 1. The van der Waals surface area contributed by atoms with Crippen molar-refractivity contribution < 1.29 is 14.1 Å². The van der Waals surface area contributed by atoms with Gasteiger partial charge in [0, 0.05) is 31.2 Å². The maximum Gasteiger partial charge on any atom is 0.295 e. The zero-order valence-electron chi connectivity index (χ0n) is 11.8. The molecular formula is C13H18FN3O3. The van der Waals surface area contributed by atoms with E-state index in [9.17, 15) is 14.5 Å². The van der Waals surface area contributed by atoms with Crippen LogP contribution in [0.4, 0.5) is 15.8 Å². The molecule has 1 saturated heterocycles. The van der Waals surface area contributed by atoms with Crippen LogP contribution in [0, 0.1) is 15.9 Å². The number of anilines is 1. The molecule has 1 aliphatic heterocycles. The number of hydrogen-bond donors (Lipinski definition) is 1. The first-order valence-corrected chi connectivity index (χ1v) is 6.37. The molecule has 0 saturated carbocycles. The number of nitrogens with zero attached hydrogens (tertiary/aromatic N) is 2. The van der Waals surface area contributed by atoms with Crippen molar-refractivity contribution in [2.45, 2.75) is 19.4 Å². The summed E-state index contributed by atoms with van der Waals surface area (Å²) >= 11 is 0. The lowest BCUT2D eigenvalue weighted by Crippen LogP contribution is -2.58. The van der Waals surface area contributed by atoms with Gasteiger partial charge in [0.1, 0.15) is 5.69 Å². The number of methoxy groups -OCH3 is 1.